The van der Waals surface area contributed by atoms with Crippen molar-refractivity contribution in [3.8, 4) is 5.75 Å². The zero-order valence-corrected chi connectivity index (χ0v) is 17.2. The van der Waals surface area contributed by atoms with Crippen LogP contribution in [0.3, 0.4) is 0 Å². The highest BCUT2D eigenvalue weighted by Gasteiger charge is 2.24. The van der Waals surface area contributed by atoms with Crippen LogP contribution < -0.4 is 10.1 Å². The number of nitrogens with one attached hydrogen (secondary N) is 1. The first kappa shape index (κ1) is 21.8. The lowest BCUT2D eigenvalue weighted by Crippen LogP contribution is -2.43. The number of esters is 1. The summed E-state index contributed by atoms with van der Waals surface area (Å²) in [7, 11) is 2.56. The second-order valence-electron chi connectivity index (χ2n) is 6.97. The number of fused-ring (bicyclic) bond motifs is 1. The molecule has 0 aromatic heterocycles. The molecule has 0 aliphatic carbocycles. The van der Waals surface area contributed by atoms with Gasteiger partial charge in [0.2, 0.25) is 5.91 Å². The van der Waals surface area contributed by atoms with Crippen molar-refractivity contribution in [2.75, 3.05) is 14.2 Å². The third-order valence-corrected chi connectivity index (χ3v) is 4.88. The highest BCUT2D eigenvalue weighted by atomic mass is 16.6. The van der Waals surface area contributed by atoms with Crippen LogP contribution in [-0.2, 0) is 27.2 Å². The summed E-state index contributed by atoms with van der Waals surface area (Å²) >= 11 is 0. The molecular formula is C23H22N2O6. The molecule has 0 spiro atoms. The molecule has 1 amide bonds. The van der Waals surface area contributed by atoms with E-state index < -0.39 is 16.9 Å². The number of nitro benzene ring substituents is 1. The van der Waals surface area contributed by atoms with Crippen molar-refractivity contribution in [1.29, 1.82) is 0 Å². The fraction of sp³-hybridized carbons (Fsp3) is 0.217. The Kier molecular flexibility index (Phi) is 6.81. The second-order valence-corrected chi connectivity index (χ2v) is 6.97. The summed E-state index contributed by atoms with van der Waals surface area (Å²) in [6, 6.07) is 17.0. The molecule has 0 aliphatic heterocycles. The van der Waals surface area contributed by atoms with Crippen LogP contribution >= 0.6 is 0 Å². The molecule has 0 bridgehead atoms. The van der Waals surface area contributed by atoms with Gasteiger partial charge in [-0.3, -0.25) is 14.9 Å². The molecule has 0 saturated heterocycles. The Labute approximate surface area is 178 Å². The molecule has 8 heteroatoms. The molecule has 31 heavy (non-hydrogen) atoms. The average molecular weight is 422 g/mol. The third kappa shape index (κ3) is 5.36. The molecule has 3 aromatic carbocycles. The van der Waals surface area contributed by atoms with Crippen LogP contribution in [0.1, 0.15) is 11.1 Å². The lowest BCUT2D eigenvalue weighted by Gasteiger charge is -2.17. The Bertz CT molecular complexity index is 1130. The Morgan fingerprint density at radius 3 is 2.39 bits per heavy atom. The van der Waals surface area contributed by atoms with Crippen molar-refractivity contribution in [3.63, 3.8) is 0 Å². The number of benzene rings is 3. The van der Waals surface area contributed by atoms with Crippen LogP contribution in [0, 0.1) is 10.1 Å². The number of carbonyl (C=O) groups is 2. The fourth-order valence-electron chi connectivity index (χ4n) is 3.36. The molecule has 0 unspecified atom stereocenters. The lowest BCUT2D eigenvalue weighted by atomic mass is 10.0. The standard InChI is InChI=1S/C23H22N2O6/c1-30-21-10-8-16(13-20(21)25(28)29)12-19(23(27)31-2)24-22(26)14-15-7-9-17-5-3-4-6-18(17)11-15/h3-11,13,19H,12,14H2,1-2H3,(H,24,26)/t19-/m1/s1. The van der Waals surface area contributed by atoms with Crippen molar-refractivity contribution in [2.45, 2.75) is 18.9 Å². The van der Waals surface area contributed by atoms with Gasteiger partial charge in [-0.15, -0.1) is 0 Å². The molecule has 0 saturated carbocycles. The molecule has 0 fully saturated rings. The Morgan fingerprint density at radius 1 is 1.00 bits per heavy atom. The smallest absolute Gasteiger partial charge is 0.328 e. The van der Waals surface area contributed by atoms with Gasteiger partial charge in [-0.25, -0.2) is 4.79 Å². The second kappa shape index (κ2) is 9.71. The zero-order chi connectivity index (χ0) is 22.4. The number of hydrogen-bond acceptors (Lipinski definition) is 6. The van der Waals surface area contributed by atoms with E-state index in [-0.39, 0.29) is 30.2 Å². The molecule has 1 atom stereocenters. The number of carbonyl (C=O) groups excluding carboxylic acids is 2. The maximum absolute atomic E-state index is 12.6. The van der Waals surface area contributed by atoms with Gasteiger partial charge < -0.3 is 14.8 Å². The first-order valence-corrected chi connectivity index (χ1v) is 9.57. The highest BCUT2D eigenvalue weighted by molar-refractivity contribution is 5.88. The average Bonchev–Trinajstić information content (AvgIpc) is 2.77. The summed E-state index contributed by atoms with van der Waals surface area (Å²) in [5, 5.41) is 16.0. The molecule has 0 heterocycles. The van der Waals surface area contributed by atoms with E-state index in [0.29, 0.717) is 5.56 Å². The first-order valence-electron chi connectivity index (χ1n) is 9.57. The van der Waals surface area contributed by atoms with E-state index in [1.165, 1.54) is 26.4 Å². The highest BCUT2D eigenvalue weighted by Crippen LogP contribution is 2.28. The van der Waals surface area contributed by atoms with Crippen LogP contribution in [0.4, 0.5) is 5.69 Å². The van der Waals surface area contributed by atoms with Gasteiger partial charge in [0.1, 0.15) is 6.04 Å². The van der Waals surface area contributed by atoms with Gasteiger partial charge in [0.15, 0.2) is 5.75 Å². The number of nitro groups is 1. The van der Waals surface area contributed by atoms with Crippen LogP contribution in [0.15, 0.2) is 60.7 Å². The number of hydrogen-bond donors (Lipinski definition) is 1. The van der Waals surface area contributed by atoms with Crippen molar-refractivity contribution in [3.05, 3.63) is 81.9 Å². The molecule has 0 aliphatic rings. The molecule has 160 valence electrons. The molecule has 3 aromatic rings. The van der Waals surface area contributed by atoms with Gasteiger partial charge in [0.05, 0.1) is 25.6 Å². The summed E-state index contributed by atoms with van der Waals surface area (Å²) in [6.45, 7) is 0. The van der Waals surface area contributed by atoms with Gasteiger partial charge in [0.25, 0.3) is 0 Å². The van der Waals surface area contributed by atoms with Gasteiger partial charge in [0, 0.05) is 12.5 Å². The van der Waals surface area contributed by atoms with E-state index in [4.69, 9.17) is 9.47 Å². The summed E-state index contributed by atoms with van der Waals surface area (Å²) in [6.07, 6.45) is 0.127. The molecule has 3 rings (SSSR count). The van der Waals surface area contributed by atoms with Gasteiger partial charge >= 0.3 is 11.7 Å². The maximum Gasteiger partial charge on any atom is 0.328 e. The quantitative estimate of drug-likeness (QED) is 0.339. The maximum atomic E-state index is 12.6. The Morgan fingerprint density at radius 2 is 1.71 bits per heavy atom. The number of amides is 1. The van der Waals surface area contributed by atoms with E-state index >= 15 is 0 Å². The topological polar surface area (TPSA) is 108 Å². The Balaban J connectivity index is 1.75. The number of nitrogens with zero attached hydrogens (tertiary/aromatic N) is 1. The van der Waals surface area contributed by atoms with Crippen LogP contribution in [0.5, 0.6) is 5.75 Å². The van der Waals surface area contributed by atoms with Gasteiger partial charge in [-0.1, -0.05) is 48.5 Å². The summed E-state index contributed by atoms with van der Waals surface area (Å²) < 4.78 is 9.80. The minimum absolute atomic E-state index is 0.0426. The first-order chi connectivity index (χ1) is 14.9. The largest absolute Gasteiger partial charge is 0.490 e. The summed E-state index contributed by atoms with van der Waals surface area (Å²) in [5.74, 6) is -0.872. The van der Waals surface area contributed by atoms with Gasteiger partial charge in [-0.2, -0.15) is 0 Å². The van der Waals surface area contributed by atoms with E-state index in [1.54, 1.807) is 6.07 Å². The van der Waals surface area contributed by atoms with E-state index in [9.17, 15) is 19.7 Å². The van der Waals surface area contributed by atoms with E-state index in [1.807, 2.05) is 42.5 Å². The normalized spacial score (nSPS) is 11.5. The zero-order valence-electron chi connectivity index (χ0n) is 17.2. The number of ether oxygens (including phenoxy) is 2. The fourth-order valence-corrected chi connectivity index (χ4v) is 3.36. The predicted molar refractivity (Wildman–Crippen MR) is 115 cm³/mol. The predicted octanol–water partition coefficient (Wildman–Crippen LogP) is 3.20. The summed E-state index contributed by atoms with van der Waals surface area (Å²) in [4.78, 5) is 35.5. The number of methoxy groups -OCH3 is 2. The van der Waals surface area contributed by atoms with Crippen molar-refractivity contribution in [2.24, 2.45) is 0 Å². The van der Waals surface area contributed by atoms with Crippen molar-refractivity contribution < 1.29 is 24.0 Å². The third-order valence-electron chi connectivity index (χ3n) is 4.88. The van der Waals surface area contributed by atoms with Crippen LogP contribution in [0.2, 0.25) is 0 Å². The van der Waals surface area contributed by atoms with Crippen molar-refractivity contribution in [1.82, 2.24) is 5.32 Å². The summed E-state index contributed by atoms with van der Waals surface area (Å²) in [5.41, 5.74) is 1.08. The number of rotatable bonds is 8. The lowest BCUT2D eigenvalue weighted by molar-refractivity contribution is -0.385. The molecular weight excluding hydrogens is 400 g/mol. The minimum atomic E-state index is -0.981. The van der Waals surface area contributed by atoms with E-state index in [2.05, 4.69) is 5.32 Å². The van der Waals surface area contributed by atoms with Crippen LogP contribution in [0.25, 0.3) is 10.8 Å². The molecule has 0 radical (unpaired) electrons. The molecule has 1 N–H and O–H groups in total. The Hall–Kier alpha value is -3.94. The molecule has 8 nitrogen and oxygen atoms in total. The monoisotopic (exact) mass is 422 g/mol. The minimum Gasteiger partial charge on any atom is -0.490 e. The van der Waals surface area contributed by atoms with E-state index in [0.717, 1.165) is 16.3 Å². The van der Waals surface area contributed by atoms with Gasteiger partial charge in [-0.05, 0) is 28.0 Å². The SMILES string of the molecule is COC(=O)[C@@H](Cc1ccc(OC)c([N+](=O)[O-])c1)NC(=O)Cc1ccc2ccccc2c1. The van der Waals surface area contributed by atoms with Crippen LogP contribution in [-0.4, -0.2) is 37.1 Å². The van der Waals surface area contributed by atoms with Crippen molar-refractivity contribution >= 4 is 28.3 Å².